The Morgan fingerprint density at radius 3 is 2.57 bits per heavy atom. The van der Waals surface area contributed by atoms with Crippen molar-refractivity contribution in [2.45, 2.75) is 44.8 Å². The summed E-state index contributed by atoms with van der Waals surface area (Å²) in [7, 11) is 0. The minimum atomic E-state index is -0.101. The number of phenols is 1. The van der Waals surface area contributed by atoms with Crippen LogP contribution in [0.1, 0.15) is 41.2 Å². The molecule has 3 N–H and O–H groups in total. The number of nitrogens with zero attached hydrogens (tertiary/aromatic N) is 1. The molecule has 28 heavy (non-hydrogen) atoms. The van der Waals surface area contributed by atoms with Crippen molar-refractivity contribution < 1.29 is 9.84 Å². The predicted octanol–water partition coefficient (Wildman–Crippen LogP) is 3.60. The summed E-state index contributed by atoms with van der Waals surface area (Å²) in [6.45, 7) is 5.79. The number of fused-ring (bicyclic) bond motifs is 1. The van der Waals surface area contributed by atoms with Gasteiger partial charge in [-0.3, -0.25) is 0 Å². The van der Waals surface area contributed by atoms with Crippen LogP contribution >= 0.6 is 0 Å². The van der Waals surface area contributed by atoms with Gasteiger partial charge in [-0.15, -0.1) is 0 Å². The van der Waals surface area contributed by atoms with E-state index in [0.29, 0.717) is 18.2 Å². The lowest BCUT2D eigenvalue weighted by atomic mass is 9.83. The van der Waals surface area contributed by atoms with Crippen molar-refractivity contribution in [3.8, 4) is 5.75 Å². The highest BCUT2D eigenvalue weighted by Gasteiger charge is 2.35. The van der Waals surface area contributed by atoms with Crippen molar-refractivity contribution in [2.75, 3.05) is 26.2 Å². The SMILES string of the molecule is Cc1ccc2c(c1O)C[C@@H](C1CCN(CCc3ccccc3)CC1)O[C@H]2CN. The Labute approximate surface area is 168 Å². The number of benzene rings is 2. The fraction of sp³-hybridized carbons (Fsp3) is 0.500. The number of phenolic OH excluding ortho intramolecular Hbond substituents is 1. The molecule has 0 aliphatic carbocycles. The second kappa shape index (κ2) is 8.64. The molecular formula is C24H32N2O2. The highest BCUT2D eigenvalue weighted by atomic mass is 16.5. The van der Waals surface area contributed by atoms with Crippen LogP contribution in [0.3, 0.4) is 0 Å². The van der Waals surface area contributed by atoms with E-state index in [1.165, 1.54) is 5.56 Å². The molecule has 4 rings (SSSR count). The van der Waals surface area contributed by atoms with E-state index in [9.17, 15) is 5.11 Å². The molecule has 0 unspecified atom stereocenters. The van der Waals surface area contributed by atoms with Gasteiger partial charge in [0.05, 0.1) is 12.2 Å². The van der Waals surface area contributed by atoms with E-state index in [-0.39, 0.29) is 12.2 Å². The summed E-state index contributed by atoms with van der Waals surface area (Å²) >= 11 is 0. The number of nitrogens with two attached hydrogens (primary N) is 1. The van der Waals surface area contributed by atoms with Gasteiger partial charge >= 0.3 is 0 Å². The fourth-order valence-electron chi connectivity index (χ4n) is 4.76. The maximum absolute atomic E-state index is 10.6. The van der Waals surface area contributed by atoms with Gasteiger partial charge in [0.1, 0.15) is 5.75 Å². The van der Waals surface area contributed by atoms with Crippen LogP contribution < -0.4 is 5.73 Å². The molecule has 4 nitrogen and oxygen atoms in total. The Balaban J connectivity index is 1.36. The van der Waals surface area contributed by atoms with E-state index >= 15 is 0 Å². The molecule has 150 valence electrons. The van der Waals surface area contributed by atoms with E-state index in [2.05, 4.69) is 41.3 Å². The third-order valence-corrected chi connectivity index (χ3v) is 6.54. The van der Waals surface area contributed by atoms with Crippen LogP contribution in [0.4, 0.5) is 0 Å². The maximum Gasteiger partial charge on any atom is 0.122 e. The monoisotopic (exact) mass is 380 g/mol. The maximum atomic E-state index is 10.6. The molecule has 2 aromatic carbocycles. The number of piperidine rings is 1. The smallest absolute Gasteiger partial charge is 0.122 e. The number of hydrogen-bond acceptors (Lipinski definition) is 4. The Morgan fingerprint density at radius 2 is 1.86 bits per heavy atom. The molecule has 2 atom stereocenters. The van der Waals surface area contributed by atoms with Crippen LogP contribution in [-0.2, 0) is 17.6 Å². The van der Waals surface area contributed by atoms with Crippen molar-refractivity contribution in [1.29, 1.82) is 0 Å². The lowest BCUT2D eigenvalue weighted by Crippen LogP contribution is -2.42. The van der Waals surface area contributed by atoms with Crippen molar-refractivity contribution in [1.82, 2.24) is 4.90 Å². The molecule has 2 aromatic rings. The van der Waals surface area contributed by atoms with Crippen molar-refractivity contribution >= 4 is 0 Å². The van der Waals surface area contributed by atoms with E-state index < -0.39 is 0 Å². The molecule has 0 bridgehead atoms. The van der Waals surface area contributed by atoms with Gasteiger partial charge in [0, 0.05) is 25.1 Å². The predicted molar refractivity (Wildman–Crippen MR) is 113 cm³/mol. The van der Waals surface area contributed by atoms with Gasteiger partial charge in [0.15, 0.2) is 0 Å². The molecule has 4 heteroatoms. The Kier molecular flexibility index (Phi) is 6.00. The van der Waals surface area contributed by atoms with Gasteiger partial charge in [0.2, 0.25) is 0 Å². The van der Waals surface area contributed by atoms with E-state index in [0.717, 1.165) is 62.0 Å². The van der Waals surface area contributed by atoms with Gasteiger partial charge in [-0.2, -0.15) is 0 Å². The zero-order chi connectivity index (χ0) is 19.5. The quantitative estimate of drug-likeness (QED) is 0.832. The molecule has 0 spiro atoms. The number of rotatable bonds is 5. The molecule has 2 heterocycles. The van der Waals surface area contributed by atoms with Gasteiger partial charge < -0.3 is 20.5 Å². The minimum absolute atomic E-state index is 0.101. The molecule has 0 radical (unpaired) electrons. The molecule has 1 fully saturated rings. The number of likely N-dealkylation sites (tertiary alicyclic amines) is 1. The largest absolute Gasteiger partial charge is 0.507 e. The average molecular weight is 381 g/mol. The second-order valence-electron chi connectivity index (χ2n) is 8.32. The molecule has 0 aromatic heterocycles. The zero-order valence-corrected chi connectivity index (χ0v) is 16.8. The second-order valence-corrected chi connectivity index (χ2v) is 8.32. The van der Waals surface area contributed by atoms with Crippen LogP contribution in [0.5, 0.6) is 5.75 Å². The number of aryl methyl sites for hydroxylation is 1. The Bertz CT molecular complexity index is 785. The number of ether oxygens (including phenoxy) is 1. The first-order chi connectivity index (χ1) is 13.7. The first-order valence-corrected chi connectivity index (χ1v) is 10.6. The third kappa shape index (κ3) is 4.09. The summed E-state index contributed by atoms with van der Waals surface area (Å²) in [5, 5.41) is 10.6. The molecule has 2 aliphatic rings. The molecule has 1 saturated heterocycles. The summed E-state index contributed by atoms with van der Waals surface area (Å²) in [5.41, 5.74) is 10.5. The normalized spacial score (nSPS) is 23.5. The van der Waals surface area contributed by atoms with E-state index in [1.807, 2.05) is 13.0 Å². The van der Waals surface area contributed by atoms with Crippen LogP contribution in [0.15, 0.2) is 42.5 Å². The molecule has 0 saturated carbocycles. The van der Waals surface area contributed by atoms with Crippen LogP contribution in [0.2, 0.25) is 0 Å². The standard InChI is InChI=1S/C24H32N2O2/c1-17-7-8-20-21(24(17)27)15-22(28-23(20)16-25)19-10-13-26(14-11-19)12-9-18-5-3-2-4-6-18/h2-8,19,22-23,27H,9-16,25H2,1H3/t22-,23-/m0/s1. The van der Waals surface area contributed by atoms with Crippen molar-refractivity contribution in [2.24, 2.45) is 11.7 Å². The summed E-state index contributed by atoms with van der Waals surface area (Å²) < 4.78 is 6.41. The number of hydrogen-bond donors (Lipinski definition) is 2. The van der Waals surface area contributed by atoms with E-state index in [1.54, 1.807) is 0 Å². The van der Waals surface area contributed by atoms with Crippen molar-refractivity contribution in [3.05, 3.63) is 64.7 Å². The first kappa shape index (κ1) is 19.4. The summed E-state index contributed by atoms with van der Waals surface area (Å²) in [6.07, 6.45) is 4.27. The fourth-order valence-corrected chi connectivity index (χ4v) is 4.76. The van der Waals surface area contributed by atoms with E-state index in [4.69, 9.17) is 10.5 Å². The lowest BCUT2D eigenvalue weighted by Gasteiger charge is -2.40. The molecule has 0 amide bonds. The van der Waals surface area contributed by atoms with Crippen molar-refractivity contribution in [3.63, 3.8) is 0 Å². The molecule has 2 aliphatic heterocycles. The third-order valence-electron chi connectivity index (χ3n) is 6.54. The number of aromatic hydroxyl groups is 1. The lowest BCUT2D eigenvalue weighted by molar-refractivity contribution is -0.0646. The average Bonchev–Trinajstić information content (AvgIpc) is 2.75. The summed E-state index contributed by atoms with van der Waals surface area (Å²) in [4.78, 5) is 2.57. The van der Waals surface area contributed by atoms with Gasteiger partial charge in [-0.25, -0.2) is 0 Å². The van der Waals surface area contributed by atoms with Crippen LogP contribution in [0, 0.1) is 12.8 Å². The molecular weight excluding hydrogens is 348 g/mol. The highest BCUT2D eigenvalue weighted by Crippen LogP contribution is 2.40. The summed E-state index contributed by atoms with van der Waals surface area (Å²) in [6, 6.07) is 14.8. The highest BCUT2D eigenvalue weighted by molar-refractivity contribution is 5.47. The van der Waals surface area contributed by atoms with Gasteiger partial charge in [-0.05, 0) is 61.9 Å². The van der Waals surface area contributed by atoms with Crippen LogP contribution in [-0.4, -0.2) is 42.3 Å². The summed E-state index contributed by atoms with van der Waals surface area (Å²) in [5.74, 6) is 0.972. The van der Waals surface area contributed by atoms with Gasteiger partial charge in [-0.1, -0.05) is 42.5 Å². The topological polar surface area (TPSA) is 58.7 Å². The first-order valence-electron chi connectivity index (χ1n) is 10.6. The Morgan fingerprint density at radius 1 is 1.11 bits per heavy atom. The Hall–Kier alpha value is -1.88. The minimum Gasteiger partial charge on any atom is -0.507 e. The zero-order valence-electron chi connectivity index (χ0n) is 16.8. The van der Waals surface area contributed by atoms with Gasteiger partial charge in [0.25, 0.3) is 0 Å². The van der Waals surface area contributed by atoms with Crippen LogP contribution in [0.25, 0.3) is 0 Å².